The third-order valence-corrected chi connectivity index (χ3v) is 4.75. The largest absolute Gasteiger partial charge is 0.314 e. The molecule has 0 atom stereocenters. The lowest BCUT2D eigenvalue weighted by Crippen LogP contribution is -2.29. The fourth-order valence-electron chi connectivity index (χ4n) is 1.96. The van der Waals surface area contributed by atoms with Gasteiger partial charge in [-0.25, -0.2) is 13.1 Å². The van der Waals surface area contributed by atoms with Crippen LogP contribution in [0.3, 0.4) is 0 Å². The number of nitrogens with one attached hydrogen (secondary N) is 2. The van der Waals surface area contributed by atoms with Crippen LogP contribution in [0.25, 0.3) is 0 Å². The molecule has 1 aromatic heterocycles. The highest BCUT2D eigenvalue weighted by atomic mass is 32.2. The van der Waals surface area contributed by atoms with Crippen molar-refractivity contribution in [3.63, 3.8) is 0 Å². The molecule has 1 fully saturated rings. The maximum Gasteiger partial charge on any atom is 0.211 e. The Bertz CT molecular complexity index is 486. The van der Waals surface area contributed by atoms with Crippen molar-refractivity contribution >= 4 is 10.0 Å². The van der Waals surface area contributed by atoms with E-state index in [2.05, 4.69) is 15.0 Å². The standard InChI is InChI=1S/C14H23N3O2S/c18-20(19,12-4-3-10-16-14-6-7-14)17-11-8-13-5-1-2-9-15-13/h1-2,5,9,14,16-17H,3-4,6-8,10-12H2. The Hall–Kier alpha value is -0.980. The molecular formula is C14H23N3O2S. The number of rotatable bonds is 10. The zero-order valence-corrected chi connectivity index (χ0v) is 12.5. The van der Waals surface area contributed by atoms with E-state index < -0.39 is 10.0 Å². The average molecular weight is 297 g/mol. The third kappa shape index (κ3) is 6.45. The van der Waals surface area contributed by atoms with Crippen molar-refractivity contribution in [2.45, 2.75) is 38.1 Å². The van der Waals surface area contributed by atoms with E-state index in [0.717, 1.165) is 18.7 Å². The lowest BCUT2D eigenvalue weighted by Gasteiger charge is -2.07. The van der Waals surface area contributed by atoms with E-state index >= 15 is 0 Å². The smallest absolute Gasteiger partial charge is 0.211 e. The highest BCUT2D eigenvalue weighted by molar-refractivity contribution is 7.89. The van der Waals surface area contributed by atoms with Crippen molar-refractivity contribution in [3.8, 4) is 0 Å². The van der Waals surface area contributed by atoms with Crippen LogP contribution in [0, 0.1) is 0 Å². The van der Waals surface area contributed by atoms with Crippen LogP contribution in [0.1, 0.15) is 31.4 Å². The average Bonchev–Trinajstić information content (AvgIpc) is 3.23. The van der Waals surface area contributed by atoms with Gasteiger partial charge in [-0.2, -0.15) is 0 Å². The van der Waals surface area contributed by atoms with Gasteiger partial charge in [0.25, 0.3) is 0 Å². The molecule has 1 saturated carbocycles. The lowest BCUT2D eigenvalue weighted by molar-refractivity contribution is 0.573. The molecule has 0 aromatic carbocycles. The SMILES string of the molecule is O=S(=O)(CCCCNC1CC1)NCCc1ccccn1. The predicted molar refractivity (Wildman–Crippen MR) is 80.0 cm³/mol. The van der Waals surface area contributed by atoms with Crippen LogP contribution < -0.4 is 10.0 Å². The Labute approximate surface area is 121 Å². The van der Waals surface area contributed by atoms with Crippen LogP contribution in [0.4, 0.5) is 0 Å². The Morgan fingerprint density at radius 1 is 1.20 bits per heavy atom. The van der Waals surface area contributed by atoms with Crippen LogP contribution in [-0.4, -0.2) is 38.3 Å². The van der Waals surface area contributed by atoms with Crippen LogP contribution in [-0.2, 0) is 16.4 Å². The molecule has 0 amide bonds. The first-order chi connectivity index (χ1) is 9.66. The zero-order valence-electron chi connectivity index (χ0n) is 11.7. The van der Waals surface area contributed by atoms with Crippen LogP contribution in [0.15, 0.2) is 24.4 Å². The molecule has 2 rings (SSSR count). The number of sulfonamides is 1. The number of unbranched alkanes of at least 4 members (excludes halogenated alkanes) is 1. The summed E-state index contributed by atoms with van der Waals surface area (Å²) in [5.41, 5.74) is 0.906. The highest BCUT2D eigenvalue weighted by Gasteiger charge is 2.19. The van der Waals surface area contributed by atoms with E-state index in [1.54, 1.807) is 6.20 Å². The van der Waals surface area contributed by atoms with Crippen molar-refractivity contribution in [1.29, 1.82) is 0 Å². The van der Waals surface area contributed by atoms with Crippen molar-refractivity contribution in [3.05, 3.63) is 30.1 Å². The first kappa shape index (κ1) is 15.4. The highest BCUT2D eigenvalue weighted by Crippen LogP contribution is 2.18. The van der Waals surface area contributed by atoms with Gasteiger partial charge in [0.05, 0.1) is 5.75 Å². The molecule has 1 aromatic rings. The van der Waals surface area contributed by atoms with Gasteiger partial charge < -0.3 is 5.32 Å². The van der Waals surface area contributed by atoms with Gasteiger partial charge in [0, 0.05) is 30.9 Å². The number of aromatic nitrogens is 1. The fourth-order valence-corrected chi connectivity index (χ4v) is 3.11. The van der Waals surface area contributed by atoms with Gasteiger partial charge in [-0.1, -0.05) is 6.07 Å². The summed E-state index contributed by atoms with van der Waals surface area (Å²) in [5, 5.41) is 3.38. The summed E-state index contributed by atoms with van der Waals surface area (Å²) in [5.74, 6) is 0.210. The van der Waals surface area contributed by atoms with Crippen molar-refractivity contribution < 1.29 is 8.42 Å². The minimum Gasteiger partial charge on any atom is -0.314 e. The molecule has 0 radical (unpaired) electrons. The lowest BCUT2D eigenvalue weighted by atomic mass is 10.3. The van der Waals surface area contributed by atoms with Crippen molar-refractivity contribution in [2.75, 3.05) is 18.8 Å². The molecule has 1 aliphatic rings. The summed E-state index contributed by atoms with van der Waals surface area (Å²) in [7, 11) is -3.14. The maximum atomic E-state index is 11.8. The molecule has 0 unspecified atom stereocenters. The molecule has 0 aliphatic heterocycles. The van der Waals surface area contributed by atoms with Crippen LogP contribution in [0.5, 0.6) is 0 Å². The molecule has 0 spiro atoms. The molecular weight excluding hydrogens is 274 g/mol. The van der Waals surface area contributed by atoms with Gasteiger partial charge in [0.1, 0.15) is 0 Å². The van der Waals surface area contributed by atoms with Gasteiger partial charge >= 0.3 is 0 Å². The zero-order chi connectivity index (χ0) is 14.3. The van der Waals surface area contributed by atoms with Gasteiger partial charge in [0.15, 0.2) is 0 Å². The quantitative estimate of drug-likeness (QED) is 0.634. The monoisotopic (exact) mass is 297 g/mol. The Balaban J connectivity index is 1.55. The van der Waals surface area contributed by atoms with Crippen molar-refractivity contribution in [2.24, 2.45) is 0 Å². The Kier molecular flexibility index (Phi) is 5.94. The first-order valence-electron chi connectivity index (χ1n) is 7.26. The minimum atomic E-state index is -3.14. The van der Waals surface area contributed by atoms with E-state index in [0.29, 0.717) is 25.4 Å². The van der Waals surface area contributed by atoms with E-state index in [9.17, 15) is 8.42 Å². The molecule has 1 heterocycles. The third-order valence-electron chi connectivity index (χ3n) is 3.28. The van der Waals surface area contributed by atoms with E-state index in [1.165, 1.54) is 12.8 Å². The number of nitrogens with zero attached hydrogens (tertiary/aromatic N) is 1. The van der Waals surface area contributed by atoms with Crippen molar-refractivity contribution in [1.82, 2.24) is 15.0 Å². The second kappa shape index (κ2) is 7.71. The molecule has 2 N–H and O–H groups in total. The fraction of sp³-hybridized carbons (Fsp3) is 0.643. The van der Waals surface area contributed by atoms with Gasteiger partial charge in [-0.15, -0.1) is 0 Å². The minimum absolute atomic E-state index is 0.210. The summed E-state index contributed by atoms with van der Waals surface area (Å²) in [6.45, 7) is 1.34. The molecule has 0 bridgehead atoms. The van der Waals surface area contributed by atoms with Gasteiger partial charge in [0.2, 0.25) is 10.0 Å². The Morgan fingerprint density at radius 3 is 2.75 bits per heavy atom. The van der Waals surface area contributed by atoms with Gasteiger partial charge in [-0.05, 0) is 44.4 Å². The molecule has 5 nitrogen and oxygen atoms in total. The van der Waals surface area contributed by atoms with E-state index in [-0.39, 0.29) is 5.75 Å². The Morgan fingerprint density at radius 2 is 2.05 bits per heavy atom. The van der Waals surface area contributed by atoms with Gasteiger partial charge in [-0.3, -0.25) is 4.98 Å². The second-order valence-corrected chi connectivity index (χ2v) is 7.15. The molecule has 1 aliphatic carbocycles. The van der Waals surface area contributed by atoms with Crippen LogP contribution in [0.2, 0.25) is 0 Å². The topological polar surface area (TPSA) is 71.1 Å². The number of hydrogen-bond acceptors (Lipinski definition) is 4. The molecule has 6 heteroatoms. The predicted octanol–water partition coefficient (Wildman–Crippen LogP) is 1.08. The summed E-state index contributed by atoms with van der Waals surface area (Å²) in [6.07, 6.45) is 6.51. The maximum absolute atomic E-state index is 11.8. The normalized spacial score (nSPS) is 15.4. The molecule has 20 heavy (non-hydrogen) atoms. The first-order valence-corrected chi connectivity index (χ1v) is 8.91. The van der Waals surface area contributed by atoms with E-state index in [1.807, 2.05) is 18.2 Å². The molecule has 112 valence electrons. The number of hydrogen-bond donors (Lipinski definition) is 2. The second-order valence-electron chi connectivity index (χ2n) is 5.22. The van der Waals surface area contributed by atoms with Crippen LogP contribution >= 0.6 is 0 Å². The summed E-state index contributed by atoms with van der Waals surface area (Å²) in [4.78, 5) is 4.16. The van der Waals surface area contributed by atoms with E-state index in [4.69, 9.17) is 0 Å². The molecule has 0 saturated heterocycles. The summed E-state index contributed by atoms with van der Waals surface area (Å²) in [6, 6.07) is 6.35. The summed E-state index contributed by atoms with van der Waals surface area (Å²) >= 11 is 0. The number of pyridine rings is 1. The summed E-state index contributed by atoms with van der Waals surface area (Å²) < 4.78 is 26.2.